The second kappa shape index (κ2) is 5.76. The molecule has 2 rings (SSSR count). The Morgan fingerprint density at radius 2 is 2.17 bits per heavy atom. The van der Waals surface area contributed by atoms with E-state index in [-0.39, 0.29) is 6.04 Å². The molecule has 1 aromatic carbocycles. The van der Waals surface area contributed by atoms with Gasteiger partial charge in [-0.25, -0.2) is 4.79 Å². The summed E-state index contributed by atoms with van der Waals surface area (Å²) in [7, 11) is 1.68. The van der Waals surface area contributed by atoms with E-state index < -0.39 is 6.09 Å². The van der Waals surface area contributed by atoms with E-state index in [1.165, 1.54) is 5.56 Å². The topological polar surface area (TPSA) is 58.6 Å². The molecule has 0 aliphatic heterocycles. The van der Waals surface area contributed by atoms with E-state index in [0.29, 0.717) is 5.92 Å². The molecule has 0 heterocycles. The van der Waals surface area contributed by atoms with Crippen LogP contribution in [0.2, 0.25) is 0 Å². The number of rotatable bonds is 3. The van der Waals surface area contributed by atoms with Gasteiger partial charge in [0.25, 0.3) is 0 Å². The van der Waals surface area contributed by atoms with E-state index in [1.807, 2.05) is 18.2 Å². The Hall–Kier alpha value is -1.71. The molecule has 1 saturated carbocycles. The zero-order valence-corrected chi connectivity index (χ0v) is 10.6. The lowest BCUT2D eigenvalue weighted by Gasteiger charge is -2.30. The second-order valence-electron chi connectivity index (χ2n) is 4.75. The van der Waals surface area contributed by atoms with E-state index in [9.17, 15) is 4.79 Å². The first kappa shape index (κ1) is 12.7. The van der Waals surface area contributed by atoms with Crippen molar-refractivity contribution >= 4 is 6.09 Å². The molecule has 1 aliphatic carbocycles. The highest BCUT2D eigenvalue weighted by Gasteiger charge is 2.25. The van der Waals surface area contributed by atoms with Crippen molar-refractivity contribution in [1.29, 1.82) is 0 Å². The Kier molecular flexibility index (Phi) is 4.07. The van der Waals surface area contributed by atoms with Gasteiger partial charge in [-0.05, 0) is 36.8 Å². The fraction of sp³-hybridized carbons (Fsp3) is 0.500. The number of ether oxygens (including phenoxy) is 1. The van der Waals surface area contributed by atoms with Crippen molar-refractivity contribution in [3.05, 3.63) is 29.8 Å². The molecule has 2 N–H and O–H groups in total. The first-order valence-corrected chi connectivity index (χ1v) is 6.33. The number of nitrogens with one attached hydrogen (secondary N) is 1. The highest BCUT2D eigenvalue weighted by atomic mass is 16.5. The molecule has 1 fully saturated rings. The van der Waals surface area contributed by atoms with Crippen molar-refractivity contribution < 1.29 is 14.6 Å². The Morgan fingerprint density at radius 1 is 1.39 bits per heavy atom. The second-order valence-corrected chi connectivity index (χ2v) is 4.75. The average Bonchev–Trinajstić information content (AvgIpc) is 2.38. The van der Waals surface area contributed by atoms with Crippen molar-refractivity contribution in [2.45, 2.75) is 37.6 Å². The van der Waals surface area contributed by atoms with Gasteiger partial charge in [-0.15, -0.1) is 0 Å². The lowest BCUT2D eigenvalue weighted by atomic mass is 9.81. The summed E-state index contributed by atoms with van der Waals surface area (Å²) >= 11 is 0. The lowest BCUT2D eigenvalue weighted by Crippen LogP contribution is -2.37. The highest BCUT2D eigenvalue weighted by Crippen LogP contribution is 2.37. The van der Waals surface area contributed by atoms with E-state index in [4.69, 9.17) is 9.84 Å². The molecule has 2 atom stereocenters. The maximum absolute atomic E-state index is 10.7. The molecule has 0 radical (unpaired) electrons. The number of amides is 1. The third-order valence-electron chi connectivity index (χ3n) is 3.58. The summed E-state index contributed by atoms with van der Waals surface area (Å²) in [4.78, 5) is 10.7. The maximum Gasteiger partial charge on any atom is 0.404 e. The number of carbonyl (C=O) groups is 1. The molecule has 18 heavy (non-hydrogen) atoms. The Morgan fingerprint density at radius 3 is 2.89 bits per heavy atom. The summed E-state index contributed by atoms with van der Waals surface area (Å²) < 4.78 is 5.38. The first-order chi connectivity index (χ1) is 8.70. The van der Waals surface area contributed by atoms with Gasteiger partial charge in [0.1, 0.15) is 5.75 Å². The monoisotopic (exact) mass is 249 g/mol. The van der Waals surface area contributed by atoms with Crippen molar-refractivity contribution in [3.8, 4) is 5.75 Å². The van der Waals surface area contributed by atoms with Gasteiger partial charge in [-0.1, -0.05) is 24.6 Å². The summed E-state index contributed by atoms with van der Waals surface area (Å²) in [5, 5.41) is 11.4. The van der Waals surface area contributed by atoms with Crippen LogP contribution in [0.5, 0.6) is 5.75 Å². The highest BCUT2D eigenvalue weighted by molar-refractivity contribution is 5.64. The van der Waals surface area contributed by atoms with Crippen LogP contribution in [0, 0.1) is 0 Å². The van der Waals surface area contributed by atoms with Crippen LogP contribution in [-0.4, -0.2) is 24.4 Å². The quantitative estimate of drug-likeness (QED) is 0.865. The van der Waals surface area contributed by atoms with Crippen LogP contribution in [-0.2, 0) is 0 Å². The van der Waals surface area contributed by atoms with Gasteiger partial charge >= 0.3 is 6.09 Å². The van der Waals surface area contributed by atoms with Crippen molar-refractivity contribution in [2.24, 2.45) is 0 Å². The average molecular weight is 249 g/mol. The van der Waals surface area contributed by atoms with Crippen LogP contribution in [0.25, 0.3) is 0 Å². The minimum atomic E-state index is -0.930. The van der Waals surface area contributed by atoms with Gasteiger partial charge in [-0.2, -0.15) is 0 Å². The summed E-state index contributed by atoms with van der Waals surface area (Å²) in [5.74, 6) is 1.28. The number of benzene rings is 1. The van der Waals surface area contributed by atoms with Crippen molar-refractivity contribution in [2.75, 3.05) is 7.11 Å². The van der Waals surface area contributed by atoms with Gasteiger partial charge in [0.15, 0.2) is 0 Å². The number of carboxylic acid groups (broad SMARTS) is 1. The Bertz CT molecular complexity index is 419. The number of methoxy groups -OCH3 is 1. The number of para-hydroxylation sites is 1. The largest absolute Gasteiger partial charge is 0.496 e. The SMILES string of the molecule is COc1ccccc1C1CCCC(NC(=O)O)C1. The van der Waals surface area contributed by atoms with Crippen LogP contribution < -0.4 is 10.1 Å². The molecular formula is C14H19NO3. The third kappa shape index (κ3) is 2.94. The van der Waals surface area contributed by atoms with Crippen molar-refractivity contribution in [3.63, 3.8) is 0 Å². The molecular weight excluding hydrogens is 230 g/mol. The molecule has 98 valence electrons. The Balaban J connectivity index is 2.10. The molecule has 1 amide bonds. The van der Waals surface area contributed by atoms with Crippen LogP contribution in [0.4, 0.5) is 4.79 Å². The maximum atomic E-state index is 10.7. The van der Waals surface area contributed by atoms with Gasteiger partial charge in [0.05, 0.1) is 7.11 Å². The normalized spacial score (nSPS) is 23.4. The molecule has 2 unspecified atom stereocenters. The standard InChI is InChI=1S/C14H19NO3/c1-18-13-8-3-2-7-12(13)10-5-4-6-11(9-10)15-14(16)17/h2-3,7-8,10-11,15H,4-6,9H2,1H3,(H,16,17). The third-order valence-corrected chi connectivity index (χ3v) is 3.58. The smallest absolute Gasteiger partial charge is 0.404 e. The summed E-state index contributed by atoms with van der Waals surface area (Å²) in [5.41, 5.74) is 1.19. The molecule has 4 heteroatoms. The summed E-state index contributed by atoms with van der Waals surface area (Å²) in [6.45, 7) is 0. The first-order valence-electron chi connectivity index (χ1n) is 6.33. The number of hydrogen-bond donors (Lipinski definition) is 2. The van der Waals surface area contributed by atoms with Gasteiger partial charge in [0.2, 0.25) is 0 Å². The van der Waals surface area contributed by atoms with E-state index in [2.05, 4.69) is 11.4 Å². The van der Waals surface area contributed by atoms with Crippen LogP contribution in [0.1, 0.15) is 37.2 Å². The van der Waals surface area contributed by atoms with Gasteiger partial charge in [0, 0.05) is 6.04 Å². The molecule has 1 aromatic rings. The van der Waals surface area contributed by atoms with Gasteiger partial charge < -0.3 is 15.2 Å². The zero-order valence-electron chi connectivity index (χ0n) is 10.6. The fourth-order valence-electron chi connectivity index (χ4n) is 2.78. The van der Waals surface area contributed by atoms with E-state index in [0.717, 1.165) is 31.4 Å². The Labute approximate surface area is 107 Å². The molecule has 0 spiro atoms. The molecule has 4 nitrogen and oxygen atoms in total. The summed E-state index contributed by atoms with van der Waals surface area (Å²) in [6.07, 6.45) is 3.00. The van der Waals surface area contributed by atoms with Crippen LogP contribution in [0.15, 0.2) is 24.3 Å². The van der Waals surface area contributed by atoms with Crippen LogP contribution >= 0.6 is 0 Å². The number of hydrogen-bond acceptors (Lipinski definition) is 2. The molecule has 1 aliphatic rings. The summed E-state index contributed by atoms with van der Waals surface area (Å²) in [6, 6.07) is 8.06. The molecule has 0 aromatic heterocycles. The predicted octanol–water partition coefficient (Wildman–Crippen LogP) is 2.99. The zero-order chi connectivity index (χ0) is 13.0. The fourth-order valence-corrected chi connectivity index (χ4v) is 2.78. The lowest BCUT2D eigenvalue weighted by molar-refractivity contribution is 0.184. The molecule has 0 bridgehead atoms. The van der Waals surface area contributed by atoms with Gasteiger partial charge in [-0.3, -0.25) is 0 Å². The molecule has 0 saturated heterocycles. The predicted molar refractivity (Wildman–Crippen MR) is 69.2 cm³/mol. The minimum Gasteiger partial charge on any atom is -0.496 e. The minimum absolute atomic E-state index is 0.0613. The van der Waals surface area contributed by atoms with E-state index in [1.54, 1.807) is 7.11 Å². The van der Waals surface area contributed by atoms with E-state index >= 15 is 0 Å². The van der Waals surface area contributed by atoms with Crippen molar-refractivity contribution in [1.82, 2.24) is 5.32 Å². The van der Waals surface area contributed by atoms with Crippen LogP contribution in [0.3, 0.4) is 0 Å².